The zero-order valence-corrected chi connectivity index (χ0v) is 10.1. The Bertz CT molecular complexity index is 368. The molecule has 1 rings (SSSR count). The van der Waals surface area contributed by atoms with Crippen molar-refractivity contribution in [2.75, 3.05) is 29.6 Å². The highest BCUT2D eigenvalue weighted by Crippen LogP contribution is 2.19. The van der Waals surface area contributed by atoms with Crippen LogP contribution in [-0.4, -0.2) is 24.5 Å². The van der Waals surface area contributed by atoms with Crippen LogP contribution in [0.3, 0.4) is 0 Å². The molecule has 0 unspecified atom stereocenters. The van der Waals surface area contributed by atoms with Crippen molar-refractivity contribution in [3.8, 4) is 0 Å². The highest BCUT2D eigenvalue weighted by molar-refractivity contribution is 7.98. The minimum Gasteiger partial charge on any atom is -0.397 e. The maximum atomic E-state index is 10.9. The minimum absolute atomic E-state index is 0.437. The number of amides is 1. The number of hydrogen-bond acceptors (Lipinski definition) is 4. The molecular weight excluding hydrogens is 222 g/mol. The van der Waals surface area contributed by atoms with E-state index in [1.807, 2.05) is 11.8 Å². The number of nitrogens with one attached hydrogen (secondary N) is 1. The molecule has 1 aromatic carbocycles. The normalized spacial score (nSPS) is 10.1. The Kier molecular flexibility index (Phi) is 4.98. The predicted molar refractivity (Wildman–Crippen MR) is 70.9 cm³/mol. The van der Waals surface area contributed by atoms with Crippen LogP contribution < -0.4 is 16.8 Å². The Balaban J connectivity index is 2.57. The van der Waals surface area contributed by atoms with E-state index >= 15 is 0 Å². The smallest absolute Gasteiger partial charge is 0.248 e. The van der Waals surface area contributed by atoms with Gasteiger partial charge in [-0.05, 0) is 36.6 Å². The highest BCUT2D eigenvalue weighted by Gasteiger charge is 2.03. The first-order valence-corrected chi connectivity index (χ1v) is 6.46. The number of anilines is 2. The van der Waals surface area contributed by atoms with Crippen molar-refractivity contribution in [1.29, 1.82) is 0 Å². The summed E-state index contributed by atoms with van der Waals surface area (Å²) in [6.45, 7) is 0.876. The molecule has 0 aliphatic rings. The van der Waals surface area contributed by atoms with Gasteiger partial charge < -0.3 is 16.8 Å². The first-order valence-electron chi connectivity index (χ1n) is 5.07. The molecule has 0 atom stereocenters. The Labute approximate surface area is 99.8 Å². The van der Waals surface area contributed by atoms with Crippen LogP contribution in [0, 0.1) is 0 Å². The van der Waals surface area contributed by atoms with Crippen LogP contribution in [-0.2, 0) is 0 Å². The first kappa shape index (κ1) is 12.7. The molecule has 0 bridgehead atoms. The molecule has 0 aliphatic heterocycles. The fraction of sp³-hybridized carbons (Fsp3) is 0.364. The average Bonchev–Trinajstić information content (AvgIpc) is 2.26. The van der Waals surface area contributed by atoms with Gasteiger partial charge in [0.25, 0.3) is 0 Å². The molecule has 1 amide bonds. The van der Waals surface area contributed by atoms with Gasteiger partial charge in [0.1, 0.15) is 0 Å². The lowest BCUT2D eigenvalue weighted by atomic mass is 10.1. The Hall–Kier alpha value is -1.36. The fourth-order valence-electron chi connectivity index (χ4n) is 1.32. The van der Waals surface area contributed by atoms with E-state index in [0.29, 0.717) is 11.3 Å². The van der Waals surface area contributed by atoms with Gasteiger partial charge in [-0.3, -0.25) is 4.79 Å². The summed E-state index contributed by atoms with van der Waals surface area (Å²) in [6.07, 6.45) is 3.16. The monoisotopic (exact) mass is 239 g/mol. The second-order valence-corrected chi connectivity index (χ2v) is 4.43. The largest absolute Gasteiger partial charge is 0.397 e. The molecule has 0 saturated carbocycles. The standard InChI is InChI=1S/C11H17N3OS/c1-16-6-2-5-14-10-4-3-8(11(13)15)7-9(10)12/h3-4,7,14H,2,5-6,12H2,1H3,(H2,13,15). The van der Waals surface area contributed by atoms with Crippen LogP contribution >= 0.6 is 11.8 Å². The third-order valence-corrected chi connectivity index (χ3v) is 2.87. The quantitative estimate of drug-likeness (QED) is 0.519. The predicted octanol–water partition coefficient (Wildman–Crippen LogP) is 1.53. The topological polar surface area (TPSA) is 81.1 Å². The number of rotatable bonds is 6. The lowest BCUT2D eigenvalue weighted by Gasteiger charge is -2.09. The van der Waals surface area contributed by atoms with E-state index < -0.39 is 5.91 Å². The maximum Gasteiger partial charge on any atom is 0.248 e. The van der Waals surface area contributed by atoms with Crippen LogP contribution in [0.1, 0.15) is 16.8 Å². The summed E-state index contributed by atoms with van der Waals surface area (Å²) in [7, 11) is 0. The number of primary amides is 1. The molecule has 4 nitrogen and oxygen atoms in total. The lowest BCUT2D eigenvalue weighted by molar-refractivity contribution is 0.100. The fourth-order valence-corrected chi connectivity index (χ4v) is 1.75. The van der Waals surface area contributed by atoms with Crippen LogP contribution in [0.4, 0.5) is 11.4 Å². The number of carbonyl (C=O) groups is 1. The average molecular weight is 239 g/mol. The summed E-state index contributed by atoms with van der Waals surface area (Å²) in [5.74, 6) is 0.660. The molecular formula is C11H17N3OS. The van der Waals surface area contributed by atoms with E-state index in [4.69, 9.17) is 11.5 Å². The molecule has 16 heavy (non-hydrogen) atoms. The third-order valence-electron chi connectivity index (χ3n) is 2.18. The summed E-state index contributed by atoms with van der Waals surface area (Å²) in [6, 6.07) is 5.06. The number of carbonyl (C=O) groups excluding carboxylic acids is 1. The van der Waals surface area contributed by atoms with Crippen molar-refractivity contribution in [3.63, 3.8) is 0 Å². The number of nitrogens with two attached hydrogens (primary N) is 2. The summed E-state index contributed by atoms with van der Waals surface area (Å²) >= 11 is 1.81. The van der Waals surface area contributed by atoms with Crippen LogP contribution in [0.15, 0.2) is 18.2 Å². The molecule has 88 valence electrons. The second-order valence-electron chi connectivity index (χ2n) is 3.44. The van der Waals surface area contributed by atoms with Crippen LogP contribution in [0.5, 0.6) is 0 Å². The molecule has 5 heteroatoms. The van der Waals surface area contributed by atoms with Gasteiger partial charge >= 0.3 is 0 Å². The van der Waals surface area contributed by atoms with Crippen molar-refractivity contribution in [2.24, 2.45) is 5.73 Å². The van der Waals surface area contributed by atoms with Gasteiger partial charge in [0.05, 0.1) is 11.4 Å². The minimum atomic E-state index is -0.458. The molecule has 1 aromatic rings. The summed E-state index contributed by atoms with van der Waals surface area (Å²) in [5.41, 5.74) is 12.8. The Morgan fingerprint density at radius 2 is 2.25 bits per heavy atom. The van der Waals surface area contributed by atoms with Crippen molar-refractivity contribution >= 4 is 29.0 Å². The summed E-state index contributed by atoms with van der Waals surface area (Å²) < 4.78 is 0. The Morgan fingerprint density at radius 1 is 1.50 bits per heavy atom. The van der Waals surface area contributed by atoms with E-state index in [0.717, 1.165) is 24.4 Å². The molecule has 0 heterocycles. The van der Waals surface area contributed by atoms with Crippen LogP contribution in [0.25, 0.3) is 0 Å². The molecule has 0 fully saturated rings. The van der Waals surface area contributed by atoms with E-state index in [9.17, 15) is 4.79 Å². The van der Waals surface area contributed by atoms with Crippen molar-refractivity contribution < 1.29 is 4.79 Å². The van der Waals surface area contributed by atoms with E-state index in [-0.39, 0.29) is 0 Å². The molecule has 0 spiro atoms. The highest BCUT2D eigenvalue weighted by atomic mass is 32.2. The second kappa shape index (κ2) is 6.27. The van der Waals surface area contributed by atoms with Gasteiger partial charge in [-0.2, -0.15) is 11.8 Å². The van der Waals surface area contributed by atoms with Crippen molar-refractivity contribution in [3.05, 3.63) is 23.8 Å². The molecule has 0 aliphatic carbocycles. The number of thioether (sulfide) groups is 1. The maximum absolute atomic E-state index is 10.9. The lowest BCUT2D eigenvalue weighted by Crippen LogP contribution is -2.12. The molecule has 0 saturated heterocycles. The third kappa shape index (κ3) is 3.66. The van der Waals surface area contributed by atoms with Crippen LogP contribution in [0.2, 0.25) is 0 Å². The van der Waals surface area contributed by atoms with Gasteiger partial charge in [0.2, 0.25) is 5.91 Å². The number of hydrogen-bond donors (Lipinski definition) is 3. The zero-order valence-electron chi connectivity index (χ0n) is 9.32. The molecule has 0 radical (unpaired) electrons. The van der Waals surface area contributed by atoms with Gasteiger partial charge in [0, 0.05) is 12.1 Å². The summed E-state index contributed by atoms with van der Waals surface area (Å²) in [5, 5.41) is 3.22. The van der Waals surface area contributed by atoms with E-state index in [2.05, 4.69) is 11.6 Å². The van der Waals surface area contributed by atoms with Gasteiger partial charge in [-0.25, -0.2) is 0 Å². The zero-order chi connectivity index (χ0) is 12.0. The Morgan fingerprint density at radius 3 is 2.81 bits per heavy atom. The number of benzene rings is 1. The van der Waals surface area contributed by atoms with Crippen molar-refractivity contribution in [2.45, 2.75) is 6.42 Å². The van der Waals surface area contributed by atoms with E-state index in [1.54, 1.807) is 18.2 Å². The van der Waals surface area contributed by atoms with Gasteiger partial charge in [-0.1, -0.05) is 0 Å². The summed E-state index contributed by atoms with van der Waals surface area (Å²) in [4.78, 5) is 10.9. The number of nitrogen functional groups attached to an aromatic ring is 1. The molecule has 5 N–H and O–H groups in total. The van der Waals surface area contributed by atoms with E-state index in [1.165, 1.54) is 0 Å². The van der Waals surface area contributed by atoms with Crippen molar-refractivity contribution in [1.82, 2.24) is 0 Å². The van der Waals surface area contributed by atoms with Gasteiger partial charge in [-0.15, -0.1) is 0 Å². The SMILES string of the molecule is CSCCCNc1ccc(C(N)=O)cc1N. The first-order chi connectivity index (χ1) is 7.65. The van der Waals surface area contributed by atoms with Gasteiger partial charge in [0.15, 0.2) is 0 Å². The molecule has 0 aromatic heterocycles.